The third-order valence-electron chi connectivity index (χ3n) is 5.79. The van der Waals surface area contributed by atoms with E-state index in [1.165, 1.54) is 18.2 Å². The number of nitrogens with one attached hydrogen (secondary N) is 1. The average molecular weight is 471 g/mol. The first-order chi connectivity index (χ1) is 16.3. The summed E-state index contributed by atoms with van der Waals surface area (Å²) in [5, 5.41) is 12.3. The lowest BCUT2D eigenvalue weighted by Gasteiger charge is -2.18. The molecule has 3 aromatic carbocycles. The zero-order chi connectivity index (χ0) is 24.1. The number of hydrogen-bond acceptors (Lipinski definition) is 4. The molecule has 0 radical (unpaired) electrons. The van der Waals surface area contributed by atoms with Gasteiger partial charge in [-0.3, -0.25) is 0 Å². The molecule has 3 aromatic rings. The van der Waals surface area contributed by atoms with Crippen LogP contribution in [0.1, 0.15) is 22.6 Å². The van der Waals surface area contributed by atoms with Crippen LogP contribution >= 0.6 is 0 Å². The van der Waals surface area contributed by atoms with Gasteiger partial charge in [-0.05, 0) is 46.4 Å². The predicted octanol–water partition coefficient (Wildman–Crippen LogP) is 5.27. The maximum absolute atomic E-state index is 12.4. The van der Waals surface area contributed by atoms with Gasteiger partial charge in [0.1, 0.15) is 12.4 Å². The average Bonchev–Trinajstić information content (AvgIpc) is 3.13. The van der Waals surface area contributed by atoms with Crippen molar-refractivity contribution >= 4 is 6.09 Å². The quantitative estimate of drug-likeness (QED) is 0.470. The van der Waals surface area contributed by atoms with E-state index in [1.807, 2.05) is 36.4 Å². The third-order valence-corrected chi connectivity index (χ3v) is 5.79. The number of benzene rings is 3. The molecule has 2 N–H and O–H groups in total. The van der Waals surface area contributed by atoms with Crippen LogP contribution in [0.5, 0.6) is 5.75 Å². The topological polar surface area (TPSA) is 67.8 Å². The molecule has 178 valence electrons. The Morgan fingerprint density at radius 2 is 1.62 bits per heavy atom. The highest BCUT2D eigenvalue weighted by Crippen LogP contribution is 2.44. The molecule has 0 saturated carbocycles. The molecule has 4 rings (SSSR count). The molecule has 1 unspecified atom stereocenters. The first kappa shape index (κ1) is 23.6. The highest BCUT2D eigenvalue weighted by Gasteiger charge is 2.31. The number of alkyl halides is 3. The van der Waals surface area contributed by atoms with Gasteiger partial charge in [-0.15, -0.1) is 13.2 Å². The van der Waals surface area contributed by atoms with Gasteiger partial charge in [0.25, 0.3) is 0 Å². The molecule has 0 fully saturated rings. The summed E-state index contributed by atoms with van der Waals surface area (Å²) in [6.07, 6.45) is -5.13. The Bertz CT molecular complexity index is 1100. The van der Waals surface area contributed by atoms with Crippen molar-refractivity contribution in [3.05, 3.63) is 89.5 Å². The molecular weight excluding hydrogens is 447 g/mol. The van der Waals surface area contributed by atoms with E-state index < -0.39 is 18.4 Å². The van der Waals surface area contributed by atoms with E-state index >= 15 is 0 Å². The van der Waals surface area contributed by atoms with Gasteiger partial charge in [-0.25, -0.2) is 4.79 Å². The van der Waals surface area contributed by atoms with E-state index in [9.17, 15) is 23.1 Å². The number of carbonyl (C=O) groups excluding carboxylic acids is 1. The predicted molar refractivity (Wildman–Crippen MR) is 120 cm³/mol. The Labute approximate surface area is 195 Å². The fourth-order valence-electron chi connectivity index (χ4n) is 4.28. The summed E-state index contributed by atoms with van der Waals surface area (Å²) >= 11 is 0. The smallest absolute Gasteiger partial charge is 0.449 e. The van der Waals surface area contributed by atoms with Gasteiger partial charge in [0, 0.05) is 25.0 Å². The van der Waals surface area contributed by atoms with Crippen LogP contribution in [-0.2, 0) is 11.2 Å². The van der Waals surface area contributed by atoms with Gasteiger partial charge in [-0.2, -0.15) is 0 Å². The van der Waals surface area contributed by atoms with Crippen LogP contribution in [0.4, 0.5) is 18.0 Å². The van der Waals surface area contributed by atoms with Crippen molar-refractivity contribution in [2.45, 2.75) is 18.7 Å². The van der Waals surface area contributed by atoms with Crippen molar-refractivity contribution in [3.8, 4) is 16.9 Å². The summed E-state index contributed by atoms with van der Waals surface area (Å²) < 4.78 is 46.7. The van der Waals surface area contributed by atoms with Crippen LogP contribution in [0.3, 0.4) is 0 Å². The van der Waals surface area contributed by atoms with Crippen LogP contribution in [0.25, 0.3) is 11.1 Å². The van der Waals surface area contributed by atoms with E-state index in [-0.39, 0.29) is 37.8 Å². The zero-order valence-corrected chi connectivity index (χ0v) is 18.2. The minimum atomic E-state index is -4.78. The maximum Gasteiger partial charge on any atom is 0.573 e. The van der Waals surface area contributed by atoms with Gasteiger partial charge in [-0.1, -0.05) is 60.7 Å². The number of aliphatic hydroxyl groups excluding tert-OH is 1. The Morgan fingerprint density at radius 1 is 0.971 bits per heavy atom. The summed E-state index contributed by atoms with van der Waals surface area (Å²) in [4.78, 5) is 12.3. The summed E-state index contributed by atoms with van der Waals surface area (Å²) in [7, 11) is 0. The summed E-state index contributed by atoms with van der Waals surface area (Å²) in [6, 6.07) is 21.6. The van der Waals surface area contributed by atoms with E-state index in [2.05, 4.69) is 22.2 Å². The Morgan fingerprint density at radius 3 is 2.24 bits per heavy atom. The van der Waals surface area contributed by atoms with Crippen LogP contribution in [0, 0.1) is 5.92 Å². The highest BCUT2D eigenvalue weighted by atomic mass is 19.4. The molecule has 1 aliphatic carbocycles. The Kier molecular flexibility index (Phi) is 7.07. The number of rotatable bonds is 8. The van der Waals surface area contributed by atoms with Gasteiger partial charge in [0.15, 0.2) is 0 Å². The van der Waals surface area contributed by atoms with Crippen LogP contribution in [-0.4, -0.2) is 37.3 Å². The zero-order valence-electron chi connectivity index (χ0n) is 18.2. The molecule has 5 nitrogen and oxygen atoms in total. The van der Waals surface area contributed by atoms with Crippen molar-refractivity contribution < 1.29 is 32.5 Å². The number of hydrogen-bond donors (Lipinski definition) is 2. The largest absolute Gasteiger partial charge is 0.573 e. The molecule has 0 saturated heterocycles. The molecule has 0 aromatic heterocycles. The molecule has 0 spiro atoms. The number of aliphatic hydroxyl groups is 1. The summed E-state index contributed by atoms with van der Waals surface area (Å²) in [5.74, 6) is -0.795. The molecular formula is C26H24F3NO4. The molecule has 0 aliphatic heterocycles. The fourth-order valence-corrected chi connectivity index (χ4v) is 4.28. The molecule has 1 aliphatic rings. The number of ether oxygens (including phenoxy) is 2. The fraction of sp³-hybridized carbons (Fsp3) is 0.269. The van der Waals surface area contributed by atoms with E-state index in [0.29, 0.717) is 5.56 Å². The first-order valence-corrected chi connectivity index (χ1v) is 10.9. The minimum Gasteiger partial charge on any atom is -0.449 e. The molecule has 8 heteroatoms. The lowest BCUT2D eigenvalue weighted by Crippen LogP contribution is -2.33. The van der Waals surface area contributed by atoms with E-state index in [1.54, 1.807) is 6.07 Å². The van der Waals surface area contributed by atoms with Crippen molar-refractivity contribution in [2.75, 3.05) is 19.8 Å². The van der Waals surface area contributed by atoms with Crippen LogP contribution in [0.15, 0.2) is 72.8 Å². The Hall–Kier alpha value is -3.52. The van der Waals surface area contributed by atoms with Crippen molar-refractivity contribution in [1.29, 1.82) is 0 Å². The number of carbonyl (C=O) groups is 1. The van der Waals surface area contributed by atoms with Gasteiger partial charge < -0.3 is 19.9 Å². The minimum absolute atomic E-state index is 0.0665. The maximum atomic E-state index is 12.4. The van der Waals surface area contributed by atoms with Gasteiger partial charge >= 0.3 is 12.5 Å². The molecule has 34 heavy (non-hydrogen) atoms. The van der Waals surface area contributed by atoms with Crippen molar-refractivity contribution in [1.82, 2.24) is 5.32 Å². The number of amides is 1. The number of alkyl carbamates (subject to hydrolysis) is 1. The molecule has 0 bridgehead atoms. The lowest BCUT2D eigenvalue weighted by atomic mass is 9.98. The van der Waals surface area contributed by atoms with Crippen molar-refractivity contribution in [3.63, 3.8) is 0 Å². The van der Waals surface area contributed by atoms with E-state index in [4.69, 9.17) is 4.74 Å². The Balaban J connectivity index is 1.31. The standard InChI is InChI=1S/C26H24F3NO4/c27-26(28,29)34-19-7-5-6-17(13-19)12-18(15-31)14-30-25(32)33-16-24-22-10-3-1-8-20(22)21-9-2-4-11-23(21)24/h1-11,13,18,24,31H,12,14-16H2,(H,30,32). The number of halogens is 3. The van der Waals surface area contributed by atoms with Gasteiger partial charge in [0.2, 0.25) is 0 Å². The summed E-state index contributed by atoms with van der Waals surface area (Å²) in [5.41, 5.74) is 5.01. The molecule has 1 amide bonds. The highest BCUT2D eigenvalue weighted by molar-refractivity contribution is 5.79. The molecule has 1 atom stereocenters. The second kappa shape index (κ2) is 10.2. The first-order valence-electron chi connectivity index (χ1n) is 10.9. The van der Waals surface area contributed by atoms with Crippen molar-refractivity contribution in [2.24, 2.45) is 5.92 Å². The second-order valence-electron chi connectivity index (χ2n) is 8.15. The monoisotopic (exact) mass is 471 g/mol. The van der Waals surface area contributed by atoms with E-state index in [0.717, 1.165) is 22.3 Å². The SMILES string of the molecule is O=C(NCC(CO)Cc1cccc(OC(F)(F)F)c1)OCC1c2ccccc2-c2ccccc21. The molecule has 0 heterocycles. The second-order valence-corrected chi connectivity index (χ2v) is 8.15. The third kappa shape index (κ3) is 5.69. The lowest BCUT2D eigenvalue weighted by molar-refractivity contribution is -0.274. The number of fused-ring (bicyclic) bond motifs is 3. The normalized spacial score (nSPS) is 13.6. The van der Waals surface area contributed by atoms with Crippen LogP contribution in [0.2, 0.25) is 0 Å². The van der Waals surface area contributed by atoms with Gasteiger partial charge in [0.05, 0.1) is 0 Å². The summed E-state index contributed by atoms with van der Waals surface area (Å²) in [6.45, 7) is 0.0199. The van der Waals surface area contributed by atoms with Crippen LogP contribution < -0.4 is 10.1 Å².